The molecular weight excluding hydrogens is 400 g/mol. The van der Waals surface area contributed by atoms with E-state index in [-0.39, 0.29) is 12.3 Å². The number of hydrogen-bond acceptors (Lipinski definition) is 5. The topological polar surface area (TPSA) is 93.2 Å². The molecule has 138 valence electrons. The van der Waals surface area contributed by atoms with Crippen LogP contribution in [0, 0.1) is 0 Å². The Kier molecular flexibility index (Phi) is 6.68. The second kappa shape index (κ2) is 8.75. The van der Waals surface area contributed by atoms with Crippen LogP contribution in [0.25, 0.3) is 0 Å². The number of anilines is 2. The number of benzene rings is 1. The highest BCUT2D eigenvalue weighted by atomic mass is 79.9. The van der Waals surface area contributed by atoms with E-state index in [0.717, 1.165) is 10.2 Å². The van der Waals surface area contributed by atoms with Gasteiger partial charge in [0.25, 0.3) is 0 Å². The van der Waals surface area contributed by atoms with Gasteiger partial charge >= 0.3 is 6.09 Å². The molecule has 0 aliphatic carbocycles. The third-order valence-corrected chi connectivity index (χ3v) is 3.61. The summed E-state index contributed by atoms with van der Waals surface area (Å²) >= 11 is 3.36. The van der Waals surface area contributed by atoms with Crippen LogP contribution < -0.4 is 10.6 Å². The largest absolute Gasteiger partial charge is 0.444 e. The molecule has 2 N–H and O–H groups in total. The Balaban J connectivity index is 2.02. The highest BCUT2D eigenvalue weighted by Crippen LogP contribution is 2.27. The molecule has 2 rings (SSSR count). The lowest BCUT2D eigenvalue weighted by Crippen LogP contribution is -2.27. The van der Waals surface area contributed by atoms with E-state index in [1.165, 1.54) is 0 Å². The van der Waals surface area contributed by atoms with Gasteiger partial charge in [-0.25, -0.2) is 4.79 Å². The number of rotatable bonds is 5. The third-order valence-electron chi connectivity index (χ3n) is 3.12. The Hall–Kier alpha value is -2.48. The lowest BCUT2D eigenvalue weighted by Gasteiger charge is -2.20. The van der Waals surface area contributed by atoms with Gasteiger partial charge in [0.2, 0.25) is 5.91 Å². The number of amides is 2. The number of carbonyl (C=O) groups excluding carboxylic acids is 2. The molecule has 0 fully saturated rings. The van der Waals surface area contributed by atoms with Gasteiger partial charge in [-0.15, -0.1) is 0 Å². The van der Waals surface area contributed by atoms with Crippen LogP contribution in [0.5, 0.6) is 0 Å². The zero-order valence-electron chi connectivity index (χ0n) is 14.9. The van der Waals surface area contributed by atoms with E-state index in [9.17, 15) is 9.59 Å². The van der Waals surface area contributed by atoms with Crippen LogP contribution in [-0.4, -0.2) is 27.6 Å². The molecule has 2 aromatic rings. The smallest absolute Gasteiger partial charge is 0.412 e. The summed E-state index contributed by atoms with van der Waals surface area (Å²) in [7, 11) is 0. The molecule has 0 radical (unpaired) electrons. The highest BCUT2D eigenvalue weighted by molar-refractivity contribution is 9.10. The van der Waals surface area contributed by atoms with Crippen LogP contribution in [0.15, 0.2) is 41.3 Å². The highest BCUT2D eigenvalue weighted by Gasteiger charge is 2.18. The van der Waals surface area contributed by atoms with Crippen molar-refractivity contribution in [3.63, 3.8) is 0 Å². The molecule has 2 amide bonds. The first-order chi connectivity index (χ1) is 12.2. The number of hydrogen-bond donors (Lipinski definition) is 2. The van der Waals surface area contributed by atoms with E-state index >= 15 is 0 Å². The molecule has 0 aliphatic heterocycles. The van der Waals surface area contributed by atoms with Crippen molar-refractivity contribution in [3.8, 4) is 0 Å². The lowest BCUT2D eigenvalue weighted by atomic mass is 10.2. The molecule has 0 saturated heterocycles. The van der Waals surface area contributed by atoms with Crippen molar-refractivity contribution >= 4 is 39.3 Å². The average molecular weight is 421 g/mol. The van der Waals surface area contributed by atoms with E-state index in [4.69, 9.17) is 4.74 Å². The van der Waals surface area contributed by atoms with E-state index in [2.05, 4.69) is 36.5 Å². The number of ether oxygens (including phenoxy) is 1. The predicted molar refractivity (Wildman–Crippen MR) is 103 cm³/mol. The summed E-state index contributed by atoms with van der Waals surface area (Å²) < 4.78 is 6.02. The molecular formula is C18H21BrN4O3. The van der Waals surface area contributed by atoms with E-state index in [1.54, 1.807) is 57.6 Å². The van der Waals surface area contributed by atoms with Gasteiger partial charge in [-0.2, -0.15) is 0 Å². The van der Waals surface area contributed by atoms with Crippen molar-refractivity contribution in [2.75, 3.05) is 10.6 Å². The number of nitrogens with one attached hydrogen (secondary N) is 2. The summed E-state index contributed by atoms with van der Waals surface area (Å²) in [6.07, 6.45) is 4.93. The maximum absolute atomic E-state index is 12.2. The normalized spacial score (nSPS) is 10.9. The Morgan fingerprint density at radius 1 is 1.15 bits per heavy atom. The zero-order valence-corrected chi connectivity index (χ0v) is 16.5. The standard InChI is InChI=1S/C18H21BrN4O3/c1-18(2,3)26-17(25)23-14-6-4-12(19)10-15(14)22-16(24)7-5-13-11-20-8-9-21-13/h4,6,8-11H,5,7H2,1-3H3,(H,22,24)(H,23,25). The number of carbonyl (C=O) groups is 2. The van der Waals surface area contributed by atoms with Crippen LogP contribution in [0.2, 0.25) is 0 Å². The summed E-state index contributed by atoms with van der Waals surface area (Å²) in [5.41, 5.74) is 1.06. The van der Waals surface area contributed by atoms with Crippen molar-refractivity contribution in [1.29, 1.82) is 0 Å². The molecule has 1 aromatic heterocycles. The minimum Gasteiger partial charge on any atom is -0.444 e. The first kappa shape index (κ1) is 19.8. The van der Waals surface area contributed by atoms with Gasteiger partial charge in [-0.3, -0.25) is 20.1 Å². The average Bonchev–Trinajstić information content (AvgIpc) is 2.55. The summed E-state index contributed by atoms with van der Waals surface area (Å²) in [5.74, 6) is -0.194. The van der Waals surface area contributed by atoms with Gasteiger partial charge in [-0.1, -0.05) is 15.9 Å². The first-order valence-electron chi connectivity index (χ1n) is 8.07. The van der Waals surface area contributed by atoms with Crippen molar-refractivity contribution in [1.82, 2.24) is 9.97 Å². The molecule has 8 heteroatoms. The van der Waals surface area contributed by atoms with Crippen molar-refractivity contribution < 1.29 is 14.3 Å². The van der Waals surface area contributed by atoms with Crippen molar-refractivity contribution in [2.45, 2.75) is 39.2 Å². The summed E-state index contributed by atoms with van der Waals surface area (Å²) in [6.45, 7) is 5.34. The fraction of sp³-hybridized carbons (Fsp3) is 0.333. The second-order valence-corrected chi connectivity index (χ2v) is 7.48. The minimum absolute atomic E-state index is 0.194. The lowest BCUT2D eigenvalue weighted by molar-refractivity contribution is -0.116. The first-order valence-corrected chi connectivity index (χ1v) is 8.86. The molecule has 0 bridgehead atoms. The van der Waals surface area contributed by atoms with E-state index in [1.807, 2.05) is 0 Å². The summed E-state index contributed by atoms with van der Waals surface area (Å²) in [6, 6.07) is 5.17. The molecule has 7 nitrogen and oxygen atoms in total. The molecule has 0 atom stereocenters. The van der Waals surface area contributed by atoms with Crippen LogP contribution in [0.1, 0.15) is 32.9 Å². The number of aromatic nitrogens is 2. The molecule has 0 spiro atoms. The fourth-order valence-electron chi connectivity index (χ4n) is 2.06. The fourth-order valence-corrected chi connectivity index (χ4v) is 2.42. The SMILES string of the molecule is CC(C)(C)OC(=O)Nc1ccc(Br)cc1NC(=O)CCc1cnccn1. The molecule has 26 heavy (non-hydrogen) atoms. The van der Waals surface area contributed by atoms with E-state index < -0.39 is 11.7 Å². The maximum Gasteiger partial charge on any atom is 0.412 e. The second-order valence-electron chi connectivity index (χ2n) is 6.56. The number of halogens is 1. The van der Waals surface area contributed by atoms with Crippen molar-refractivity contribution in [2.24, 2.45) is 0 Å². The summed E-state index contributed by atoms with van der Waals surface area (Å²) in [4.78, 5) is 32.3. The molecule has 0 unspecified atom stereocenters. The maximum atomic E-state index is 12.2. The monoisotopic (exact) mass is 420 g/mol. The van der Waals surface area contributed by atoms with Crippen LogP contribution in [0.3, 0.4) is 0 Å². The number of aryl methyl sites for hydroxylation is 1. The van der Waals surface area contributed by atoms with Gasteiger partial charge in [0.1, 0.15) is 5.60 Å². The van der Waals surface area contributed by atoms with E-state index in [0.29, 0.717) is 17.8 Å². The Labute approximate surface area is 160 Å². The Morgan fingerprint density at radius 2 is 1.92 bits per heavy atom. The quantitative estimate of drug-likeness (QED) is 0.757. The zero-order chi connectivity index (χ0) is 19.2. The summed E-state index contributed by atoms with van der Waals surface area (Å²) in [5, 5.41) is 5.46. The van der Waals surface area contributed by atoms with Gasteiger partial charge in [0.05, 0.1) is 17.1 Å². The third kappa shape index (κ3) is 6.79. The molecule has 1 heterocycles. The molecule has 0 aliphatic rings. The van der Waals surface area contributed by atoms with Crippen molar-refractivity contribution in [3.05, 3.63) is 47.0 Å². The Bertz CT molecular complexity index is 776. The van der Waals surface area contributed by atoms with Gasteiger partial charge in [0, 0.05) is 29.5 Å². The van der Waals surface area contributed by atoms with Gasteiger partial charge in [0.15, 0.2) is 0 Å². The van der Waals surface area contributed by atoms with Gasteiger partial charge < -0.3 is 10.1 Å². The molecule has 0 saturated carbocycles. The predicted octanol–water partition coefficient (Wildman–Crippen LogP) is 4.16. The number of nitrogens with zero attached hydrogens (tertiary/aromatic N) is 2. The van der Waals surface area contributed by atoms with Crippen LogP contribution in [0.4, 0.5) is 16.2 Å². The minimum atomic E-state index is -0.612. The molecule has 1 aromatic carbocycles. The van der Waals surface area contributed by atoms with Gasteiger partial charge in [-0.05, 0) is 45.4 Å². The Morgan fingerprint density at radius 3 is 2.58 bits per heavy atom. The van der Waals surface area contributed by atoms with Crippen LogP contribution >= 0.6 is 15.9 Å². The van der Waals surface area contributed by atoms with Crippen LogP contribution in [-0.2, 0) is 16.0 Å².